The van der Waals surface area contributed by atoms with E-state index < -0.39 is 9.76 Å². The van der Waals surface area contributed by atoms with Gasteiger partial charge in [-0.3, -0.25) is 9.59 Å². The molecule has 0 saturated carbocycles. The van der Waals surface area contributed by atoms with E-state index in [0.29, 0.717) is 24.0 Å². The van der Waals surface area contributed by atoms with E-state index >= 15 is 0 Å². The van der Waals surface area contributed by atoms with Crippen molar-refractivity contribution in [2.75, 3.05) is 13.7 Å². The van der Waals surface area contributed by atoms with Crippen LogP contribution in [0.1, 0.15) is 22.3 Å². The van der Waals surface area contributed by atoms with Gasteiger partial charge in [-0.1, -0.05) is 40.9 Å². The predicted octanol–water partition coefficient (Wildman–Crippen LogP) is 3.35. The van der Waals surface area contributed by atoms with E-state index in [1.807, 2.05) is 0 Å². The number of esters is 1. The quantitative estimate of drug-likeness (QED) is 0.453. The highest BCUT2D eigenvalue weighted by atomic mass is 35.6. The van der Waals surface area contributed by atoms with E-state index in [1.165, 1.54) is 7.11 Å². The zero-order valence-electron chi connectivity index (χ0n) is 10.7. The first-order valence-corrected chi connectivity index (χ1v) is 6.83. The van der Waals surface area contributed by atoms with Gasteiger partial charge in [-0.2, -0.15) is 0 Å². The standard InChI is InChI=1S/C13H13Cl3O4/c1-19-11-4-2-9(6-10(11)7-17)3-5-12(18)20-8-13(14,15)16/h2,4,6-7H,3,5,8H2,1H3. The molecule has 7 heteroatoms. The number of rotatable bonds is 6. The lowest BCUT2D eigenvalue weighted by Crippen LogP contribution is -2.17. The monoisotopic (exact) mass is 338 g/mol. The Morgan fingerprint density at radius 2 is 2.05 bits per heavy atom. The Labute approximate surface area is 131 Å². The molecular formula is C13H13Cl3O4. The van der Waals surface area contributed by atoms with E-state index in [4.69, 9.17) is 44.3 Å². The minimum atomic E-state index is -1.61. The zero-order chi connectivity index (χ0) is 15.2. The van der Waals surface area contributed by atoms with Gasteiger partial charge in [0, 0.05) is 6.42 Å². The van der Waals surface area contributed by atoms with Crippen molar-refractivity contribution in [2.45, 2.75) is 16.6 Å². The Bertz CT molecular complexity index is 483. The summed E-state index contributed by atoms with van der Waals surface area (Å²) in [6, 6.07) is 5.10. The van der Waals surface area contributed by atoms with Gasteiger partial charge in [0.2, 0.25) is 3.79 Å². The number of methoxy groups -OCH3 is 1. The summed E-state index contributed by atoms with van der Waals surface area (Å²) in [7, 11) is 1.48. The van der Waals surface area contributed by atoms with Gasteiger partial charge >= 0.3 is 5.97 Å². The van der Waals surface area contributed by atoms with Crippen LogP contribution in [0.15, 0.2) is 18.2 Å². The number of hydrogen-bond acceptors (Lipinski definition) is 4. The second-order valence-electron chi connectivity index (χ2n) is 3.97. The second kappa shape index (κ2) is 7.72. The SMILES string of the molecule is COc1ccc(CCC(=O)OCC(Cl)(Cl)Cl)cc1C=O. The van der Waals surface area contributed by atoms with E-state index in [9.17, 15) is 9.59 Å². The molecule has 0 bridgehead atoms. The van der Waals surface area contributed by atoms with Crippen LogP contribution in [0.4, 0.5) is 0 Å². The minimum absolute atomic E-state index is 0.130. The maximum Gasteiger partial charge on any atom is 0.306 e. The summed E-state index contributed by atoms with van der Waals surface area (Å²) in [5, 5.41) is 0. The number of benzene rings is 1. The summed E-state index contributed by atoms with van der Waals surface area (Å²) < 4.78 is 8.22. The summed E-state index contributed by atoms with van der Waals surface area (Å²) in [6.07, 6.45) is 1.25. The number of carbonyl (C=O) groups excluding carboxylic acids is 2. The summed E-state index contributed by atoms with van der Waals surface area (Å²) in [6.45, 7) is -0.293. The maximum atomic E-state index is 11.4. The summed E-state index contributed by atoms with van der Waals surface area (Å²) in [5.74, 6) is 0.0160. The number of halogens is 3. The molecule has 1 aromatic rings. The lowest BCUT2D eigenvalue weighted by atomic mass is 10.1. The van der Waals surface area contributed by atoms with Crippen LogP contribution >= 0.6 is 34.8 Å². The molecule has 1 aromatic carbocycles. The summed E-state index contributed by atoms with van der Waals surface area (Å²) >= 11 is 16.4. The number of alkyl halides is 3. The third-order valence-electron chi connectivity index (χ3n) is 2.44. The van der Waals surface area contributed by atoms with Crippen molar-refractivity contribution in [1.82, 2.24) is 0 Å². The molecule has 0 atom stereocenters. The van der Waals surface area contributed by atoms with Crippen molar-refractivity contribution in [3.05, 3.63) is 29.3 Å². The Balaban J connectivity index is 2.53. The lowest BCUT2D eigenvalue weighted by molar-refractivity contribution is -0.143. The first kappa shape index (κ1) is 17.1. The van der Waals surface area contributed by atoms with Gasteiger partial charge < -0.3 is 9.47 Å². The molecule has 4 nitrogen and oxygen atoms in total. The molecule has 0 heterocycles. The molecule has 0 unspecified atom stereocenters. The van der Waals surface area contributed by atoms with Gasteiger partial charge in [0.05, 0.1) is 12.7 Å². The van der Waals surface area contributed by atoms with Gasteiger partial charge in [-0.15, -0.1) is 0 Å². The first-order valence-electron chi connectivity index (χ1n) is 5.70. The minimum Gasteiger partial charge on any atom is -0.496 e. The third-order valence-corrected chi connectivity index (χ3v) is 2.76. The van der Waals surface area contributed by atoms with Gasteiger partial charge in [0.15, 0.2) is 6.29 Å². The van der Waals surface area contributed by atoms with Gasteiger partial charge in [0.25, 0.3) is 0 Å². The number of aryl methyl sites for hydroxylation is 1. The van der Waals surface area contributed by atoms with Crippen molar-refractivity contribution >= 4 is 47.1 Å². The molecule has 0 fully saturated rings. The van der Waals surface area contributed by atoms with Crippen LogP contribution in [0.3, 0.4) is 0 Å². The van der Waals surface area contributed by atoms with Crippen molar-refractivity contribution in [2.24, 2.45) is 0 Å². The number of carbonyl (C=O) groups is 2. The molecule has 0 aliphatic carbocycles. The highest BCUT2D eigenvalue weighted by Gasteiger charge is 2.22. The smallest absolute Gasteiger partial charge is 0.306 e. The molecule has 0 saturated heterocycles. The normalized spacial score (nSPS) is 11.0. The van der Waals surface area contributed by atoms with Crippen molar-refractivity contribution in [1.29, 1.82) is 0 Å². The Kier molecular flexibility index (Phi) is 6.59. The van der Waals surface area contributed by atoms with Crippen LogP contribution in [0.25, 0.3) is 0 Å². The van der Waals surface area contributed by atoms with Crippen molar-refractivity contribution in [3.8, 4) is 5.75 Å². The van der Waals surface area contributed by atoms with Crippen LogP contribution in [0, 0.1) is 0 Å². The zero-order valence-corrected chi connectivity index (χ0v) is 13.0. The number of hydrogen-bond donors (Lipinski definition) is 0. The molecule has 110 valence electrons. The lowest BCUT2D eigenvalue weighted by Gasteiger charge is -2.11. The van der Waals surface area contributed by atoms with E-state index in [1.54, 1.807) is 18.2 Å². The maximum absolute atomic E-state index is 11.4. The molecule has 0 aromatic heterocycles. The van der Waals surface area contributed by atoms with E-state index in [-0.39, 0.29) is 13.0 Å². The Morgan fingerprint density at radius 3 is 2.60 bits per heavy atom. The second-order valence-corrected chi connectivity index (χ2v) is 6.49. The molecule has 0 aliphatic rings. The van der Waals surface area contributed by atoms with Crippen LogP contribution in [-0.2, 0) is 16.0 Å². The predicted molar refractivity (Wildman–Crippen MR) is 78.0 cm³/mol. The average Bonchev–Trinajstić information content (AvgIpc) is 2.41. The molecule has 0 spiro atoms. The molecule has 20 heavy (non-hydrogen) atoms. The summed E-state index contributed by atoms with van der Waals surface area (Å²) in [4.78, 5) is 22.3. The van der Waals surface area contributed by atoms with Gasteiger partial charge in [0.1, 0.15) is 12.4 Å². The highest BCUT2D eigenvalue weighted by Crippen LogP contribution is 2.26. The fourth-order valence-electron chi connectivity index (χ4n) is 1.51. The van der Waals surface area contributed by atoms with E-state index in [0.717, 1.165) is 5.56 Å². The van der Waals surface area contributed by atoms with Crippen molar-refractivity contribution < 1.29 is 19.1 Å². The number of ether oxygens (including phenoxy) is 2. The molecule has 0 radical (unpaired) electrons. The Hall–Kier alpha value is -0.970. The third kappa shape index (κ3) is 5.99. The van der Waals surface area contributed by atoms with Crippen LogP contribution in [0.2, 0.25) is 0 Å². The van der Waals surface area contributed by atoms with Gasteiger partial charge in [-0.05, 0) is 24.1 Å². The fraction of sp³-hybridized carbons (Fsp3) is 0.385. The highest BCUT2D eigenvalue weighted by molar-refractivity contribution is 6.67. The van der Waals surface area contributed by atoms with Crippen LogP contribution in [-0.4, -0.2) is 29.8 Å². The van der Waals surface area contributed by atoms with E-state index in [2.05, 4.69) is 0 Å². The first-order chi connectivity index (χ1) is 9.35. The van der Waals surface area contributed by atoms with Gasteiger partial charge in [-0.25, -0.2) is 0 Å². The molecular weight excluding hydrogens is 326 g/mol. The van der Waals surface area contributed by atoms with Crippen LogP contribution < -0.4 is 4.74 Å². The van der Waals surface area contributed by atoms with Crippen LogP contribution in [0.5, 0.6) is 5.75 Å². The summed E-state index contributed by atoms with van der Waals surface area (Å²) in [5.41, 5.74) is 1.25. The molecule has 0 N–H and O–H groups in total. The fourth-order valence-corrected chi connectivity index (χ4v) is 1.68. The molecule has 0 aliphatic heterocycles. The Morgan fingerprint density at radius 1 is 1.35 bits per heavy atom. The topological polar surface area (TPSA) is 52.6 Å². The number of aldehydes is 1. The molecule has 0 amide bonds. The average molecular weight is 340 g/mol. The van der Waals surface area contributed by atoms with Crippen molar-refractivity contribution in [3.63, 3.8) is 0 Å². The molecule has 1 rings (SSSR count). The largest absolute Gasteiger partial charge is 0.496 e.